The molecular formula is C22H15Cl2F6N3O. The fourth-order valence-corrected chi connectivity index (χ4v) is 3.40. The number of rotatable bonds is 5. The summed E-state index contributed by atoms with van der Waals surface area (Å²) in [4.78, 5) is 16.3. The topological polar surface area (TPSA) is 54.0 Å². The Labute approximate surface area is 199 Å². The van der Waals surface area contributed by atoms with E-state index in [2.05, 4.69) is 15.6 Å². The molecule has 0 saturated carbocycles. The van der Waals surface area contributed by atoms with Crippen LogP contribution in [-0.4, -0.2) is 11.0 Å². The van der Waals surface area contributed by atoms with E-state index in [4.69, 9.17) is 23.2 Å². The molecule has 34 heavy (non-hydrogen) atoms. The molecule has 0 spiro atoms. The molecule has 1 heterocycles. The van der Waals surface area contributed by atoms with Crippen molar-refractivity contribution < 1.29 is 31.1 Å². The first-order valence-electron chi connectivity index (χ1n) is 9.54. The molecule has 4 nitrogen and oxygen atoms in total. The van der Waals surface area contributed by atoms with Crippen LogP contribution in [0, 0.1) is 0 Å². The summed E-state index contributed by atoms with van der Waals surface area (Å²) >= 11 is 11.8. The number of hydrogen-bond donors (Lipinski definition) is 2. The second-order valence-electron chi connectivity index (χ2n) is 7.06. The third kappa shape index (κ3) is 6.32. The highest BCUT2D eigenvalue weighted by molar-refractivity contribution is 6.42. The summed E-state index contributed by atoms with van der Waals surface area (Å²) in [5.74, 6) is 0. The van der Waals surface area contributed by atoms with Gasteiger partial charge in [0.05, 0.1) is 32.9 Å². The van der Waals surface area contributed by atoms with Crippen molar-refractivity contribution in [2.45, 2.75) is 24.9 Å². The predicted molar refractivity (Wildman–Crippen MR) is 114 cm³/mol. The monoisotopic (exact) mass is 521 g/mol. The summed E-state index contributed by atoms with van der Waals surface area (Å²) in [7, 11) is 0. The molecule has 0 radical (unpaired) electrons. The van der Waals surface area contributed by atoms with Gasteiger partial charge < -0.3 is 10.6 Å². The van der Waals surface area contributed by atoms with Gasteiger partial charge in [0.25, 0.3) is 0 Å². The molecule has 2 amide bonds. The number of nitrogens with one attached hydrogen (secondary N) is 2. The van der Waals surface area contributed by atoms with Crippen molar-refractivity contribution in [2.24, 2.45) is 0 Å². The molecule has 2 N–H and O–H groups in total. The van der Waals surface area contributed by atoms with Crippen molar-refractivity contribution in [3.05, 3.63) is 98.8 Å². The minimum absolute atomic E-state index is 0.0260. The Hall–Kier alpha value is -2.98. The van der Waals surface area contributed by atoms with E-state index >= 15 is 0 Å². The van der Waals surface area contributed by atoms with E-state index in [0.29, 0.717) is 22.7 Å². The molecule has 0 fully saturated rings. The number of pyridine rings is 1. The lowest BCUT2D eigenvalue weighted by Gasteiger charge is -2.23. The number of nitrogens with zero attached hydrogens (tertiary/aromatic N) is 1. The van der Waals surface area contributed by atoms with Gasteiger partial charge in [-0.05, 0) is 47.5 Å². The van der Waals surface area contributed by atoms with E-state index in [-0.39, 0.29) is 17.1 Å². The highest BCUT2D eigenvalue weighted by atomic mass is 35.5. The average Bonchev–Trinajstić information content (AvgIpc) is 2.77. The molecule has 1 aromatic heterocycles. The van der Waals surface area contributed by atoms with E-state index in [1.807, 2.05) is 0 Å². The van der Waals surface area contributed by atoms with Crippen molar-refractivity contribution in [1.82, 2.24) is 15.6 Å². The number of hydrogen-bond acceptors (Lipinski definition) is 2. The predicted octanol–water partition coefficient (Wildman–Crippen LogP) is 7.01. The Morgan fingerprint density at radius 1 is 0.912 bits per heavy atom. The van der Waals surface area contributed by atoms with E-state index in [9.17, 15) is 31.1 Å². The zero-order valence-corrected chi connectivity index (χ0v) is 18.4. The molecule has 1 unspecified atom stereocenters. The molecule has 12 heteroatoms. The number of benzene rings is 2. The summed E-state index contributed by atoms with van der Waals surface area (Å²) in [5, 5.41) is 5.37. The Balaban J connectivity index is 1.91. The normalized spacial score (nSPS) is 12.8. The van der Waals surface area contributed by atoms with Crippen LogP contribution in [0.15, 0.2) is 60.8 Å². The van der Waals surface area contributed by atoms with E-state index in [1.165, 1.54) is 12.1 Å². The molecule has 1 atom stereocenters. The van der Waals surface area contributed by atoms with Crippen LogP contribution in [0.4, 0.5) is 31.1 Å². The highest BCUT2D eigenvalue weighted by Crippen LogP contribution is 2.36. The van der Waals surface area contributed by atoms with Crippen LogP contribution in [0.3, 0.4) is 0 Å². The molecule has 180 valence electrons. The fraction of sp³-hybridized carbons (Fsp3) is 0.182. The van der Waals surface area contributed by atoms with Crippen molar-refractivity contribution in [3.8, 4) is 0 Å². The lowest BCUT2D eigenvalue weighted by Crippen LogP contribution is -2.39. The van der Waals surface area contributed by atoms with Gasteiger partial charge >= 0.3 is 18.4 Å². The van der Waals surface area contributed by atoms with E-state index in [1.54, 1.807) is 6.07 Å². The molecule has 3 aromatic rings. The van der Waals surface area contributed by atoms with Gasteiger partial charge in [-0.15, -0.1) is 0 Å². The first-order chi connectivity index (χ1) is 15.9. The van der Waals surface area contributed by atoms with Crippen LogP contribution >= 0.6 is 23.2 Å². The molecule has 0 aliphatic carbocycles. The fourth-order valence-electron chi connectivity index (χ4n) is 3.08. The van der Waals surface area contributed by atoms with Gasteiger partial charge in [-0.2, -0.15) is 26.3 Å². The summed E-state index contributed by atoms with van der Waals surface area (Å²) in [6.07, 6.45) is -8.36. The SMILES string of the molecule is O=C(NCc1ccc(Cl)c(Cl)c1)NC(c1ccc(C(F)(F)F)cc1)c1ncccc1C(F)(F)F. The number of amides is 2. The molecular weight excluding hydrogens is 507 g/mol. The number of carbonyl (C=O) groups is 1. The minimum atomic E-state index is -4.81. The molecule has 2 aromatic carbocycles. The van der Waals surface area contributed by atoms with Gasteiger partial charge in [0.2, 0.25) is 0 Å². The number of urea groups is 1. The first kappa shape index (κ1) is 25.6. The maximum absolute atomic E-state index is 13.6. The van der Waals surface area contributed by atoms with Gasteiger partial charge in [0, 0.05) is 12.7 Å². The third-order valence-corrected chi connectivity index (χ3v) is 5.44. The summed E-state index contributed by atoms with van der Waals surface area (Å²) in [6.45, 7) is -0.0448. The molecule has 0 aliphatic heterocycles. The van der Waals surface area contributed by atoms with Gasteiger partial charge in [0.15, 0.2) is 0 Å². The first-order valence-corrected chi connectivity index (χ1v) is 10.3. The van der Waals surface area contributed by atoms with Crippen molar-refractivity contribution in [2.75, 3.05) is 0 Å². The average molecular weight is 522 g/mol. The highest BCUT2D eigenvalue weighted by Gasteiger charge is 2.37. The van der Waals surface area contributed by atoms with Gasteiger partial charge in [-0.3, -0.25) is 4.98 Å². The lowest BCUT2D eigenvalue weighted by molar-refractivity contribution is -0.139. The van der Waals surface area contributed by atoms with Crippen LogP contribution in [-0.2, 0) is 18.9 Å². The van der Waals surface area contributed by atoms with E-state index in [0.717, 1.165) is 30.5 Å². The molecule has 0 bridgehead atoms. The molecule has 3 rings (SSSR count). The Morgan fingerprint density at radius 2 is 1.59 bits per heavy atom. The Bertz CT molecular complexity index is 1170. The van der Waals surface area contributed by atoms with Crippen LogP contribution in [0.5, 0.6) is 0 Å². The molecule has 0 saturated heterocycles. The van der Waals surface area contributed by atoms with Crippen LogP contribution in [0.2, 0.25) is 10.0 Å². The zero-order valence-electron chi connectivity index (χ0n) is 16.9. The second-order valence-corrected chi connectivity index (χ2v) is 7.88. The largest absolute Gasteiger partial charge is 0.418 e. The number of carbonyl (C=O) groups excluding carboxylic acids is 1. The summed E-state index contributed by atoms with van der Waals surface area (Å²) < 4.78 is 79.5. The second kappa shape index (κ2) is 10.1. The number of aromatic nitrogens is 1. The Kier molecular flexibility index (Phi) is 7.62. The number of alkyl halides is 6. The third-order valence-electron chi connectivity index (χ3n) is 4.70. The molecule has 0 aliphatic rings. The lowest BCUT2D eigenvalue weighted by atomic mass is 9.98. The minimum Gasteiger partial charge on any atom is -0.334 e. The maximum atomic E-state index is 13.6. The van der Waals surface area contributed by atoms with Crippen LogP contribution < -0.4 is 10.6 Å². The zero-order chi connectivity index (χ0) is 25.1. The standard InChI is InChI=1S/C22H15Cl2F6N3O/c23-16-8-3-12(10-17(16)24)11-32-20(34)33-18(13-4-6-14(7-5-13)21(25,26)27)19-15(22(28,29)30)2-1-9-31-19/h1-10,18H,11H2,(H2,32,33,34). The van der Waals surface area contributed by atoms with Crippen LogP contribution in [0.1, 0.15) is 34.0 Å². The summed E-state index contributed by atoms with van der Waals surface area (Å²) in [6, 6.07) is 7.47. The number of halogens is 8. The van der Waals surface area contributed by atoms with Crippen molar-refractivity contribution in [1.29, 1.82) is 0 Å². The van der Waals surface area contributed by atoms with E-state index < -0.39 is 41.2 Å². The smallest absolute Gasteiger partial charge is 0.334 e. The Morgan fingerprint density at radius 3 is 2.18 bits per heavy atom. The van der Waals surface area contributed by atoms with Gasteiger partial charge in [0.1, 0.15) is 0 Å². The van der Waals surface area contributed by atoms with Gasteiger partial charge in [-0.25, -0.2) is 4.79 Å². The van der Waals surface area contributed by atoms with Crippen molar-refractivity contribution in [3.63, 3.8) is 0 Å². The maximum Gasteiger partial charge on any atom is 0.418 e. The van der Waals surface area contributed by atoms with Crippen molar-refractivity contribution >= 4 is 29.2 Å². The quantitative estimate of drug-likeness (QED) is 0.354. The van der Waals surface area contributed by atoms with Crippen LogP contribution in [0.25, 0.3) is 0 Å². The van der Waals surface area contributed by atoms with Gasteiger partial charge in [-0.1, -0.05) is 41.4 Å². The summed E-state index contributed by atoms with van der Waals surface area (Å²) in [5.41, 5.74) is -2.16.